The summed E-state index contributed by atoms with van der Waals surface area (Å²) in [6.45, 7) is 9.31. The predicted octanol–water partition coefficient (Wildman–Crippen LogP) is 6.44. The molecule has 5 nitrogen and oxygen atoms in total. The van der Waals surface area contributed by atoms with Crippen molar-refractivity contribution < 1.29 is 19.4 Å². The van der Waals surface area contributed by atoms with Gasteiger partial charge >= 0.3 is 5.97 Å². The van der Waals surface area contributed by atoms with Crippen molar-refractivity contribution in [3.63, 3.8) is 0 Å². The van der Waals surface area contributed by atoms with Gasteiger partial charge in [-0.25, -0.2) is 4.79 Å². The zero-order valence-electron chi connectivity index (χ0n) is 19.7. The summed E-state index contributed by atoms with van der Waals surface area (Å²) in [6, 6.07) is 14.4. The Labute approximate surface area is 194 Å². The van der Waals surface area contributed by atoms with Crippen LogP contribution in [0.2, 0.25) is 0 Å². The summed E-state index contributed by atoms with van der Waals surface area (Å²) in [5.74, 6) is 0.423. The number of nitrogens with one attached hydrogen (secondary N) is 1. The van der Waals surface area contributed by atoms with E-state index >= 15 is 0 Å². The summed E-state index contributed by atoms with van der Waals surface area (Å²) < 4.78 is 12.1. The van der Waals surface area contributed by atoms with Gasteiger partial charge in [-0.2, -0.15) is 0 Å². The fourth-order valence-electron chi connectivity index (χ4n) is 5.36. The van der Waals surface area contributed by atoms with Crippen LogP contribution in [0.5, 0.6) is 5.75 Å². The fraction of sp³-hybridized carbons (Fsp3) is 0.393. The molecule has 172 valence electrons. The van der Waals surface area contributed by atoms with Crippen LogP contribution in [0, 0.1) is 6.92 Å². The Balaban J connectivity index is 1.85. The minimum Gasteiger partial charge on any atom is -0.493 e. The third-order valence-electron chi connectivity index (χ3n) is 6.66. The summed E-state index contributed by atoms with van der Waals surface area (Å²) in [6.07, 6.45) is 1.01. The molecule has 2 heterocycles. The lowest BCUT2D eigenvalue weighted by Crippen LogP contribution is -2.28. The third kappa shape index (κ3) is 3.84. The Morgan fingerprint density at radius 3 is 2.73 bits per heavy atom. The molecule has 3 aromatic carbocycles. The van der Waals surface area contributed by atoms with Crippen molar-refractivity contribution >= 4 is 22.4 Å². The SMILES string of the molecule is Cc1cc2ccccc2c(-c2ccc3c4c2NCCC4CCO3)c1C(OC(C)(C)C)C(=O)O. The normalized spacial score (nSPS) is 18.2. The summed E-state index contributed by atoms with van der Waals surface area (Å²) >= 11 is 0. The highest BCUT2D eigenvalue weighted by molar-refractivity contribution is 6.04. The minimum absolute atomic E-state index is 0.463. The van der Waals surface area contributed by atoms with Crippen LogP contribution < -0.4 is 10.1 Å². The van der Waals surface area contributed by atoms with E-state index in [0.717, 1.165) is 64.9 Å². The number of carboxylic acids is 1. The summed E-state index contributed by atoms with van der Waals surface area (Å²) in [4.78, 5) is 12.5. The number of benzene rings is 3. The zero-order valence-corrected chi connectivity index (χ0v) is 19.7. The molecule has 0 radical (unpaired) electrons. The van der Waals surface area contributed by atoms with Crippen LogP contribution in [0.1, 0.15) is 62.3 Å². The molecule has 0 amide bonds. The highest BCUT2D eigenvalue weighted by atomic mass is 16.5. The maximum Gasteiger partial charge on any atom is 0.337 e. The lowest BCUT2D eigenvalue weighted by atomic mass is 9.81. The van der Waals surface area contributed by atoms with E-state index in [-0.39, 0.29) is 0 Å². The van der Waals surface area contributed by atoms with E-state index in [1.807, 2.05) is 39.8 Å². The van der Waals surface area contributed by atoms with Crippen LogP contribution in [-0.2, 0) is 9.53 Å². The largest absolute Gasteiger partial charge is 0.493 e. The van der Waals surface area contributed by atoms with Gasteiger partial charge in [-0.1, -0.05) is 30.3 Å². The van der Waals surface area contributed by atoms with Gasteiger partial charge in [-0.15, -0.1) is 0 Å². The third-order valence-corrected chi connectivity index (χ3v) is 6.66. The summed E-state index contributed by atoms with van der Waals surface area (Å²) in [5.41, 5.74) is 5.26. The van der Waals surface area contributed by atoms with Gasteiger partial charge in [0.15, 0.2) is 6.10 Å². The Kier molecular flexibility index (Phi) is 5.32. The molecule has 2 aliphatic rings. The van der Waals surface area contributed by atoms with Crippen molar-refractivity contribution in [1.29, 1.82) is 0 Å². The van der Waals surface area contributed by atoms with Gasteiger partial charge < -0.3 is 19.9 Å². The fourth-order valence-corrected chi connectivity index (χ4v) is 5.36. The number of ether oxygens (including phenoxy) is 2. The van der Waals surface area contributed by atoms with Gasteiger partial charge in [0.25, 0.3) is 0 Å². The van der Waals surface area contributed by atoms with Crippen LogP contribution in [0.3, 0.4) is 0 Å². The molecule has 0 aliphatic carbocycles. The van der Waals surface area contributed by atoms with Gasteiger partial charge in [-0.3, -0.25) is 0 Å². The number of aliphatic carboxylic acids is 1. The molecular weight excluding hydrogens is 414 g/mol. The molecule has 5 rings (SSSR count). The standard InChI is InChI=1S/C28H31NO4/c1-16-15-18-7-5-6-8-19(18)24(22(16)26(27(30)31)33-28(2,3)4)20-9-10-21-23-17(12-14-32-21)11-13-29-25(20)23/h5-10,15,17,26,29H,11-14H2,1-4H3,(H,30,31). The van der Waals surface area contributed by atoms with Crippen LogP contribution in [0.25, 0.3) is 21.9 Å². The van der Waals surface area contributed by atoms with Crippen LogP contribution in [0.4, 0.5) is 5.69 Å². The van der Waals surface area contributed by atoms with Crippen molar-refractivity contribution in [1.82, 2.24) is 0 Å². The summed E-state index contributed by atoms with van der Waals surface area (Å²) in [5, 5.41) is 16.0. The first-order valence-corrected chi connectivity index (χ1v) is 11.7. The summed E-state index contributed by atoms with van der Waals surface area (Å²) in [7, 11) is 0. The van der Waals surface area contributed by atoms with E-state index in [2.05, 4.69) is 35.6 Å². The van der Waals surface area contributed by atoms with Crippen molar-refractivity contribution in [3.05, 3.63) is 59.2 Å². The van der Waals surface area contributed by atoms with E-state index in [9.17, 15) is 9.90 Å². The minimum atomic E-state index is -1.08. The van der Waals surface area contributed by atoms with Crippen LogP contribution in [-0.4, -0.2) is 29.8 Å². The first-order chi connectivity index (χ1) is 15.7. The van der Waals surface area contributed by atoms with Gasteiger partial charge in [0.05, 0.1) is 12.2 Å². The van der Waals surface area contributed by atoms with Crippen molar-refractivity contribution in [2.45, 2.75) is 58.2 Å². The predicted molar refractivity (Wildman–Crippen MR) is 131 cm³/mol. The Morgan fingerprint density at radius 2 is 1.97 bits per heavy atom. The Hall–Kier alpha value is -3.05. The highest BCUT2D eigenvalue weighted by Crippen LogP contribution is 2.50. The number of aryl methyl sites for hydroxylation is 1. The quantitative estimate of drug-likeness (QED) is 0.484. The lowest BCUT2D eigenvalue weighted by molar-refractivity contribution is -0.160. The van der Waals surface area contributed by atoms with Crippen molar-refractivity contribution in [2.75, 3.05) is 18.5 Å². The molecule has 0 saturated carbocycles. The molecule has 0 aromatic heterocycles. The van der Waals surface area contributed by atoms with Gasteiger partial charge in [0.2, 0.25) is 0 Å². The second kappa shape index (κ2) is 8.07. The van der Waals surface area contributed by atoms with Gasteiger partial charge in [0, 0.05) is 28.9 Å². The Morgan fingerprint density at radius 1 is 1.18 bits per heavy atom. The molecule has 2 aliphatic heterocycles. The average molecular weight is 446 g/mol. The highest BCUT2D eigenvalue weighted by Gasteiger charge is 2.34. The molecule has 5 heteroatoms. The monoisotopic (exact) mass is 445 g/mol. The van der Waals surface area contributed by atoms with Crippen LogP contribution in [0.15, 0.2) is 42.5 Å². The second-order valence-electron chi connectivity index (χ2n) is 10.1. The number of carbonyl (C=O) groups is 1. The van der Waals surface area contributed by atoms with Gasteiger partial charge in [0.1, 0.15) is 5.75 Å². The molecule has 0 saturated heterocycles. The maximum absolute atomic E-state index is 12.5. The number of rotatable bonds is 4. The number of hydrogen-bond donors (Lipinski definition) is 2. The molecule has 2 atom stereocenters. The van der Waals surface area contributed by atoms with Crippen molar-refractivity contribution in [2.24, 2.45) is 0 Å². The lowest BCUT2D eigenvalue weighted by Gasteiger charge is -2.35. The number of anilines is 1. The van der Waals surface area contributed by atoms with E-state index in [4.69, 9.17) is 9.47 Å². The number of fused-ring (bicyclic) bond motifs is 1. The average Bonchev–Trinajstić information content (AvgIpc) is 2.77. The molecule has 3 aromatic rings. The Bertz CT molecular complexity index is 1240. The molecule has 2 N–H and O–H groups in total. The zero-order chi connectivity index (χ0) is 23.3. The van der Waals surface area contributed by atoms with Crippen molar-refractivity contribution in [3.8, 4) is 16.9 Å². The molecule has 0 fully saturated rings. The van der Waals surface area contributed by atoms with Crippen LogP contribution >= 0.6 is 0 Å². The second-order valence-corrected chi connectivity index (χ2v) is 10.1. The van der Waals surface area contributed by atoms with E-state index in [1.165, 1.54) is 5.56 Å². The van der Waals surface area contributed by atoms with E-state index < -0.39 is 17.7 Å². The molecule has 0 spiro atoms. The number of hydrogen-bond acceptors (Lipinski definition) is 4. The van der Waals surface area contributed by atoms with E-state index in [1.54, 1.807) is 0 Å². The topological polar surface area (TPSA) is 67.8 Å². The number of carboxylic acid groups (broad SMARTS) is 1. The maximum atomic E-state index is 12.5. The molecular formula is C28H31NO4. The molecule has 2 unspecified atom stereocenters. The van der Waals surface area contributed by atoms with Gasteiger partial charge in [-0.05, 0) is 80.5 Å². The first kappa shape index (κ1) is 21.8. The molecule has 33 heavy (non-hydrogen) atoms. The first-order valence-electron chi connectivity index (χ1n) is 11.7. The molecule has 0 bridgehead atoms. The van der Waals surface area contributed by atoms with E-state index in [0.29, 0.717) is 11.5 Å². The smallest absolute Gasteiger partial charge is 0.337 e.